The van der Waals surface area contributed by atoms with Crippen LogP contribution in [0, 0.1) is 16.0 Å². The van der Waals surface area contributed by atoms with E-state index >= 15 is 0 Å². The summed E-state index contributed by atoms with van der Waals surface area (Å²) in [6.07, 6.45) is 0. The van der Waals surface area contributed by atoms with Crippen LogP contribution in [-0.2, 0) is 20.9 Å². The third-order valence-corrected chi connectivity index (χ3v) is 10.4. The highest BCUT2D eigenvalue weighted by Gasteiger charge is 2.57. The van der Waals surface area contributed by atoms with E-state index in [0.29, 0.717) is 38.4 Å². The molecule has 1 aromatic heterocycles. The smallest absolute Gasteiger partial charge is 0.308 e. The molecule has 0 bridgehead atoms. The van der Waals surface area contributed by atoms with Gasteiger partial charge in [-0.2, -0.15) is 0 Å². The van der Waals surface area contributed by atoms with Gasteiger partial charge in [0.2, 0.25) is 17.7 Å². The zero-order valence-electron chi connectivity index (χ0n) is 24.6. The number of nitro groups is 1. The SMILES string of the molecule is COc1ccc(NC(=O)Cn2c3c(sc2=O)[C@@H](c2ccc(OC)c(OC)c2)C2C(=O)N(c4ccc([N+](=O)[O-])cc4)C(=O)C2S3)cc1. The van der Waals surface area contributed by atoms with Gasteiger partial charge in [0.1, 0.15) is 17.5 Å². The highest BCUT2D eigenvalue weighted by atomic mass is 32.2. The fourth-order valence-electron chi connectivity index (χ4n) is 5.66. The highest BCUT2D eigenvalue weighted by molar-refractivity contribution is 8.00. The first-order valence-electron chi connectivity index (χ1n) is 13.8. The van der Waals surface area contributed by atoms with Gasteiger partial charge in [0, 0.05) is 28.6 Å². The molecule has 15 heteroatoms. The Morgan fingerprint density at radius 3 is 2.24 bits per heavy atom. The first-order chi connectivity index (χ1) is 22.1. The van der Waals surface area contributed by atoms with Crippen LogP contribution in [0.5, 0.6) is 17.2 Å². The van der Waals surface area contributed by atoms with Crippen molar-refractivity contribution in [3.63, 3.8) is 0 Å². The molecular weight excluding hydrogens is 636 g/mol. The Morgan fingerprint density at radius 2 is 1.61 bits per heavy atom. The lowest BCUT2D eigenvalue weighted by atomic mass is 9.83. The summed E-state index contributed by atoms with van der Waals surface area (Å²) in [7, 11) is 4.50. The maximum atomic E-state index is 14.1. The van der Waals surface area contributed by atoms with Crippen LogP contribution in [-0.4, -0.2) is 53.8 Å². The molecule has 46 heavy (non-hydrogen) atoms. The zero-order chi connectivity index (χ0) is 32.7. The van der Waals surface area contributed by atoms with Crippen molar-refractivity contribution in [3.05, 3.63) is 97.0 Å². The molecule has 2 aliphatic rings. The van der Waals surface area contributed by atoms with E-state index in [1.54, 1.807) is 42.5 Å². The number of benzene rings is 3. The first kappa shape index (κ1) is 30.9. The van der Waals surface area contributed by atoms with E-state index in [0.717, 1.165) is 28.0 Å². The first-order valence-corrected chi connectivity index (χ1v) is 15.5. The highest BCUT2D eigenvalue weighted by Crippen LogP contribution is 2.54. The molecule has 1 fully saturated rings. The molecule has 3 heterocycles. The minimum Gasteiger partial charge on any atom is -0.497 e. The molecule has 3 aromatic carbocycles. The Morgan fingerprint density at radius 1 is 0.913 bits per heavy atom. The average Bonchev–Trinajstić information content (AvgIpc) is 3.50. The predicted molar refractivity (Wildman–Crippen MR) is 170 cm³/mol. The molecule has 0 spiro atoms. The minimum absolute atomic E-state index is 0.183. The van der Waals surface area contributed by atoms with Crippen molar-refractivity contribution in [3.8, 4) is 17.2 Å². The van der Waals surface area contributed by atoms with E-state index in [4.69, 9.17) is 14.2 Å². The molecule has 0 saturated carbocycles. The zero-order valence-corrected chi connectivity index (χ0v) is 26.3. The lowest BCUT2D eigenvalue weighted by molar-refractivity contribution is -0.384. The molecule has 3 atom stereocenters. The van der Waals surface area contributed by atoms with Gasteiger partial charge in [0.25, 0.3) is 5.69 Å². The second kappa shape index (κ2) is 12.3. The number of fused-ring (bicyclic) bond motifs is 2. The lowest BCUT2D eigenvalue weighted by Gasteiger charge is -2.31. The summed E-state index contributed by atoms with van der Waals surface area (Å²) in [5, 5.41) is 13.4. The van der Waals surface area contributed by atoms with Crippen molar-refractivity contribution in [2.75, 3.05) is 31.5 Å². The number of nitrogens with zero attached hydrogens (tertiary/aromatic N) is 3. The lowest BCUT2D eigenvalue weighted by Crippen LogP contribution is -2.33. The largest absolute Gasteiger partial charge is 0.497 e. The maximum absolute atomic E-state index is 14.1. The average molecular weight is 663 g/mol. The number of non-ortho nitro benzene ring substituents is 1. The second-order valence-corrected chi connectivity index (χ2v) is 12.5. The Bertz CT molecular complexity index is 1920. The molecule has 0 aliphatic carbocycles. The topological polar surface area (TPSA) is 159 Å². The van der Waals surface area contributed by atoms with Crippen LogP contribution in [0.1, 0.15) is 16.4 Å². The van der Waals surface area contributed by atoms with Gasteiger partial charge in [-0.15, -0.1) is 0 Å². The van der Waals surface area contributed by atoms with Crippen LogP contribution in [0.2, 0.25) is 0 Å². The molecule has 1 saturated heterocycles. The summed E-state index contributed by atoms with van der Waals surface area (Å²) >= 11 is 1.98. The van der Waals surface area contributed by atoms with Crippen LogP contribution in [0.4, 0.5) is 17.1 Å². The van der Waals surface area contributed by atoms with Crippen molar-refractivity contribution >= 4 is 57.9 Å². The fraction of sp³-hybridized carbons (Fsp3) is 0.226. The quantitative estimate of drug-likeness (QED) is 0.156. The molecule has 3 amide bonds. The van der Waals surface area contributed by atoms with Gasteiger partial charge >= 0.3 is 4.87 Å². The van der Waals surface area contributed by atoms with E-state index in [1.165, 1.54) is 50.2 Å². The Kier molecular flexibility index (Phi) is 8.27. The van der Waals surface area contributed by atoms with Crippen molar-refractivity contribution in [2.45, 2.75) is 22.7 Å². The molecule has 6 rings (SSSR count). The van der Waals surface area contributed by atoms with Crippen LogP contribution < -0.4 is 29.3 Å². The molecule has 4 aromatic rings. The molecule has 236 valence electrons. The number of nitro benzene ring substituents is 1. The second-order valence-electron chi connectivity index (χ2n) is 10.3. The molecular formula is C31H26N4O9S2. The van der Waals surface area contributed by atoms with Crippen molar-refractivity contribution < 1.29 is 33.5 Å². The van der Waals surface area contributed by atoms with Gasteiger partial charge in [-0.1, -0.05) is 29.2 Å². The molecule has 2 unspecified atom stereocenters. The van der Waals surface area contributed by atoms with Crippen LogP contribution >= 0.6 is 23.1 Å². The maximum Gasteiger partial charge on any atom is 0.308 e. The van der Waals surface area contributed by atoms with Gasteiger partial charge in [0.05, 0.1) is 42.9 Å². The molecule has 13 nitrogen and oxygen atoms in total. The van der Waals surface area contributed by atoms with Crippen LogP contribution in [0.25, 0.3) is 0 Å². The number of rotatable bonds is 9. The summed E-state index contributed by atoms with van der Waals surface area (Å²) in [6.45, 7) is -0.325. The number of ether oxygens (including phenoxy) is 3. The van der Waals surface area contributed by atoms with Crippen LogP contribution in [0.15, 0.2) is 76.6 Å². The van der Waals surface area contributed by atoms with Crippen LogP contribution in [0.3, 0.4) is 0 Å². The van der Waals surface area contributed by atoms with Crippen molar-refractivity contribution in [2.24, 2.45) is 5.92 Å². The number of hydrogen-bond donors (Lipinski definition) is 1. The molecule has 0 radical (unpaired) electrons. The van der Waals surface area contributed by atoms with Gasteiger partial charge in [-0.25, -0.2) is 4.90 Å². The summed E-state index contributed by atoms with van der Waals surface area (Å²) in [4.78, 5) is 66.4. The summed E-state index contributed by atoms with van der Waals surface area (Å²) in [6, 6.07) is 17.0. The van der Waals surface area contributed by atoms with Gasteiger partial charge in [0.15, 0.2) is 11.5 Å². The summed E-state index contributed by atoms with van der Waals surface area (Å²) in [5.41, 5.74) is 1.13. The number of carbonyl (C=O) groups excluding carboxylic acids is 3. The number of nitrogens with one attached hydrogen (secondary N) is 1. The van der Waals surface area contributed by atoms with Gasteiger partial charge in [-0.05, 0) is 54.1 Å². The van der Waals surface area contributed by atoms with Gasteiger partial charge in [-0.3, -0.25) is 33.9 Å². The van der Waals surface area contributed by atoms with Gasteiger partial charge < -0.3 is 19.5 Å². The standard InChI is InChI=1S/C31H26N4O9S2/c1-42-20-11-5-17(6-12-20)32-23(36)15-33-30-27(46-31(33)39)24(16-4-13-21(43-2)22(14-16)44-3)25-26(45-30)29(38)34(28(25)37)18-7-9-19(10-8-18)35(40)41/h4-14,24-26H,15H2,1-3H3,(H,32,36)/t24-,25?,26?/m0/s1. The predicted octanol–water partition coefficient (Wildman–Crippen LogP) is 4.28. The van der Waals surface area contributed by atoms with E-state index in [9.17, 15) is 29.3 Å². The number of anilines is 2. The molecule has 1 N–H and O–H groups in total. The number of hydrogen-bond acceptors (Lipinski definition) is 11. The number of methoxy groups -OCH3 is 3. The summed E-state index contributed by atoms with van der Waals surface area (Å²) in [5.74, 6) is -1.70. The third-order valence-electron chi connectivity index (χ3n) is 7.81. The number of imide groups is 1. The monoisotopic (exact) mass is 662 g/mol. The fourth-order valence-corrected chi connectivity index (χ4v) is 8.43. The summed E-state index contributed by atoms with van der Waals surface area (Å²) < 4.78 is 17.4. The van der Waals surface area contributed by atoms with E-state index < -0.39 is 44.6 Å². The Labute approximate surface area is 269 Å². The van der Waals surface area contributed by atoms with Crippen molar-refractivity contribution in [1.82, 2.24) is 4.57 Å². The Balaban J connectivity index is 1.41. The number of aromatic nitrogens is 1. The molecule has 2 aliphatic heterocycles. The van der Waals surface area contributed by atoms with E-state index in [2.05, 4.69) is 5.32 Å². The number of thiazole rings is 1. The third kappa shape index (κ3) is 5.37. The minimum atomic E-state index is -0.946. The number of carbonyl (C=O) groups is 3. The number of thioether (sulfide) groups is 1. The number of amides is 3. The van der Waals surface area contributed by atoms with Crippen molar-refractivity contribution in [1.29, 1.82) is 0 Å². The van der Waals surface area contributed by atoms with E-state index in [-0.39, 0.29) is 17.9 Å². The normalized spacial score (nSPS) is 18.5. The Hall–Kier alpha value is -5.15. The van der Waals surface area contributed by atoms with E-state index in [1.807, 2.05) is 0 Å².